The third kappa shape index (κ3) is 4.37. The normalized spacial score (nSPS) is 14.9. The van der Waals surface area contributed by atoms with E-state index in [1.165, 1.54) is 18.4 Å². The summed E-state index contributed by atoms with van der Waals surface area (Å²) in [7, 11) is 1.63. The van der Waals surface area contributed by atoms with Gasteiger partial charge in [0, 0.05) is 19.2 Å². The number of aliphatic hydroxyl groups is 1. The molecule has 4 heteroatoms. The number of aliphatic hydroxyl groups excluding tert-OH is 1. The molecule has 0 spiro atoms. The monoisotopic (exact) mass is 283 g/mol. The maximum Gasteiger partial charge on any atom is 0.137 e. The van der Waals surface area contributed by atoms with E-state index in [1.54, 1.807) is 7.11 Å². The van der Waals surface area contributed by atoms with E-state index < -0.39 is 0 Å². The van der Waals surface area contributed by atoms with E-state index in [0.717, 1.165) is 37.7 Å². The van der Waals surface area contributed by atoms with E-state index in [9.17, 15) is 0 Å². The second-order valence-electron chi connectivity index (χ2n) is 5.10. The predicted octanol–water partition coefficient (Wildman–Crippen LogP) is 3.09. The summed E-state index contributed by atoms with van der Waals surface area (Å²) in [6, 6.07) is 6.71. The van der Waals surface area contributed by atoms with Gasteiger partial charge in [-0.2, -0.15) is 0 Å². The predicted molar refractivity (Wildman–Crippen MR) is 77.8 cm³/mol. The highest BCUT2D eigenvalue weighted by atomic mass is 35.5. The fourth-order valence-electron chi connectivity index (χ4n) is 2.30. The highest BCUT2D eigenvalue weighted by molar-refractivity contribution is 6.32. The van der Waals surface area contributed by atoms with Crippen molar-refractivity contribution in [2.75, 3.05) is 20.3 Å². The number of ether oxygens (including phenoxy) is 1. The van der Waals surface area contributed by atoms with Crippen LogP contribution in [-0.4, -0.2) is 36.3 Å². The molecule has 0 saturated heterocycles. The van der Waals surface area contributed by atoms with Crippen LogP contribution in [0.25, 0.3) is 0 Å². The van der Waals surface area contributed by atoms with Gasteiger partial charge >= 0.3 is 0 Å². The molecule has 0 radical (unpaired) electrons. The largest absolute Gasteiger partial charge is 0.495 e. The quantitative estimate of drug-likeness (QED) is 0.744. The number of halogens is 1. The molecule has 2 rings (SSSR count). The zero-order chi connectivity index (χ0) is 13.7. The second kappa shape index (κ2) is 7.13. The first kappa shape index (κ1) is 14.6. The van der Waals surface area contributed by atoms with Gasteiger partial charge in [0.05, 0.1) is 12.1 Å². The minimum absolute atomic E-state index is 0.285. The van der Waals surface area contributed by atoms with Crippen molar-refractivity contribution >= 4 is 11.6 Å². The Morgan fingerprint density at radius 3 is 2.74 bits per heavy atom. The van der Waals surface area contributed by atoms with Crippen molar-refractivity contribution < 1.29 is 9.84 Å². The molecule has 0 aliphatic heterocycles. The van der Waals surface area contributed by atoms with Gasteiger partial charge in [-0.3, -0.25) is 4.90 Å². The summed E-state index contributed by atoms with van der Waals surface area (Å²) in [5.41, 5.74) is 1.22. The Kier molecular flexibility index (Phi) is 5.49. The van der Waals surface area contributed by atoms with Crippen LogP contribution in [0.4, 0.5) is 0 Å². The maximum absolute atomic E-state index is 8.87. The van der Waals surface area contributed by atoms with Crippen LogP contribution in [0.3, 0.4) is 0 Å². The number of benzene rings is 1. The Bertz CT molecular complexity index is 407. The fourth-order valence-corrected chi connectivity index (χ4v) is 2.58. The lowest BCUT2D eigenvalue weighted by molar-refractivity contribution is 0.229. The van der Waals surface area contributed by atoms with Crippen LogP contribution < -0.4 is 4.74 Å². The number of methoxy groups -OCH3 is 1. The molecule has 3 nitrogen and oxygen atoms in total. The first-order valence-corrected chi connectivity index (χ1v) is 7.29. The summed E-state index contributed by atoms with van der Waals surface area (Å²) in [6.45, 7) is 2.27. The summed E-state index contributed by atoms with van der Waals surface area (Å²) < 4.78 is 5.17. The Hall–Kier alpha value is -0.770. The molecule has 0 amide bonds. The lowest BCUT2D eigenvalue weighted by Crippen LogP contribution is -2.26. The van der Waals surface area contributed by atoms with E-state index in [2.05, 4.69) is 11.0 Å². The SMILES string of the molecule is COc1ccc(CN(CCCCO)C2CC2)cc1Cl. The van der Waals surface area contributed by atoms with Crippen LogP contribution in [0.2, 0.25) is 5.02 Å². The molecular formula is C15H22ClNO2. The van der Waals surface area contributed by atoms with E-state index in [4.69, 9.17) is 21.4 Å². The molecule has 1 N–H and O–H groups in total. The van der Waals surface area contributed by atoms with Crippen LogP contribution in [0.5, 0.6) is 5.75 Å². The van der Waals surface area contributed by atoms with Gasteiger partial charge in [0.2, 0.25) is 0 Å². The maximum atomic E-state index is 8.87. The zero-order valence-corrected chi connectivity index (χ0v) is 12.2. The summed E-state index contributed by atoms with van der Waals surface area (Å²) in [5, 5.41) is 9.54. The van der Waals surface area contributed by atoms with Crippen molar-refractivity contribution in [3.63, 3.8) is 0 Å². The number of hydrogen-bond donors (Lipinski definition) is 1. The third-order valence-electron chi connectivity index (χ3n) is 3.52. The highest BCUT2D eigenvalue weighted by Crippen LogP contribution is 2.30. The number of unbranched alkanes of at least 4 members (excludes halogenated alkanes) is 1. The van der Waals surface area contributed by atoms with Gasteiger partial charge in [-0.05, 0) is 49.9 Å². The van der Waals surface area contributed by atoms with E-state index in [1.807, 2.05) is 12.1 Å². The number of nitrogens with zero attached hydrogens (tertiary/aromatic N) is 1. The Morgan fingerprint density at radius 2 is 2.16 bits per heavy atom. The van der Waals surface area contributed by atoms with Gasteiger partial charge in [0.1, 0.15) is 5.75 Å². The van der Waals surface area contributed by atoms with Crippen molar-refractivity contribution in [2.24, 2.45) is 0 Å². The van der Waals surface area contributed by atoms with Gasteiger partial charge < -0.3 is 9.84 Å². The van der Waals surface area contributed by atoms with Crippen LogP contribution in [0, 0.1) is 0 Å². The Morgan fingerprint density at radius 1 is 1.37 bits per heavy atom. The van der Waals surface area contributed by atoms with Crippen LogP contribution >= 0.6 is 11.6 Å². The van der Waals surface area contributed by atoms with Crippen molar-refractivity contribution in [3.05, 3.63) is 28.8 Å². The van der Waals surface area contributed by atoms with Crippen LogP contribution in [0.1, 0.15) is 31.2 Å². The van der Waals surface area contributed by atoms with E-state index in [0.29, 0.717) is 5.02 Å². The minimum Gasteiger partial charge on any atom is -0.495 e. The first-order chi connectivity index (χ1) is 9.24. The van der Waals surface area contributed by atoms with Gasteiger partial charge in [-0.25, -0.2) is 0 Å². The van der Waals surface area contributed by atoms with E-state index >= 15 is 0 Å². The average molecular weight is 284 g/mol. The van der Waals surface area contributed by atoms with Crippen molar-refractivity contribution in [3.8, 4) is 5.75 Å². The van der Waals surface area contributed by atoms with Crippen molar-refractivity contribution in [1.82, 2.24) is 4.90 Å². The Balaban J connectivity index is 1.94. The topological polar surface area (TPSA) is 32.7 Å². The molecule has 1 fully saturated rings. The molecule has 1 aromatic carbocycles. The van der Waals surface area contributed by atoms with Crippen LogP contribution in [0.15, 0.2) is 18.2 Å². The molecule has 1 aliphatic rings. The first-order valence-electron chi connectivity index (χ1n) is 6.92. The lowest BCUT2D eigenvalue weighted by atomic mass is 10.2. The summed E-state index contributed by atoms with van der Waals surface area (Å²) in [4.78, 5) is 2.49. The molecular weight excluding hydrogens is 262 g/mol. The van der Waals surface area contributed by atoms with Gasteiger partial charge in [0.15, 0.2) is 0 Å². The molecule has 106 valence electrons. The van der Waals surface area contributed by atoms with Gasteiger partial charge in [0.25, 0.3) is 0 Å². The molecule has 0 aromatic heterocycles. The molecule has 0 heterocycles. The summed E-state index contributed by atoms with van der Waals surface area (Å²) >= 11 is 6.16. The second-order valence-corrected chi connectivity index (χ2v) is 5.51. The molecule has 0 bridgehead atoms. The standard InChI is InChI=1S/C15H22ClNO2/c1-19-15-7-4-12(10-14(15)16)11-17(13-5-6-13)8-2-3-9-18/h4,7,10,13,18H,2-3,5-6,8-9,11H2,1H3. The van der Waals surface area contributed by atoms with E-state index in [-0.39, 0.29) is 6.61 Å². The molecule has 19 heavy (non-hydrogen) atoms. The fraction of sp³-hybridized carbons (Fsp3) is 0.600. The van der Waals surface area contributed by atoms with Gasteiger partial charge in [-0.1, -0.05) is 17.7 Å². The Labute approximate surface area is 120 Å². The summed E-state index contributed by atoms with van der Waals surface area (Å²) in [6.07, 6.45) is 4.52. The minimum atomic E-state index is 0.285. The number of rotatable bonds is 8. The zero-order valence-electron chi connectivity index (χ0n) is 11.4. The highest BCUT2D eigenvalue weighted by Gasteiger charge is 2.28. The van der Waals surface area contributed by atoms with Gasteiger partial charge in [-0.15, -0.1) is 0 Å². The molecule has 0 atom stereocenters. The molecule has 0 unspecified atom stereocenters. The molecule has 1 aromatic rings. The van der Waals surface area contributed by atoms with Crippen LogP contribution in [-0.2, 0) is 6.54 Å². The lowest BCUT2D eigenvalue weighted by Gasteiger charge is -2.22. The number of hydrogen-bond acceptors (Lipinski definition) is 3. The third-order valence-corrected chi connectivity index (χ3v) is 3.81. The van der Waals surface area contributed by atoms with Crippen molar-refractivity contribution in [2.45, 2.75) is 38.3 Å². The average Bonchev–Trinajstić information content (AvgIpc) is 3.22. The van der Waals surface area contributed by atoms with Crippen molar-refractivity contribution in [1.29, 1.82) is 0 Å². The smallest absolute Gasteiger partial charge is 0.137 e. The summed E-state index contributed by atoms with van der Waals surface area (Å²) in [5.74, 6) is 0.726. The molecule has 1 aliphatic carbocycles. The molecule has 1 saturated carbocycles.